The average Bonchev–Trinajstić information content (AvgIpc) is 2.66. The van der Waals surface area contributed by atoms with Crippen molar-refractivity contribution in [3.63, 3.8) is 0 Å². The van der Waals surface area contributed by atoms with Gasteiger partial charge < -0.3 is 15.7 Å². The molecule has 2 aromatic carbocycles. The molecule has 160 valence electrons. The van der Waals surface area contributed by atoms with Crippen LogP contribution in [0.25, 0.3) is 0 Å². The molecule has 30 heavy (non-hydrogen) atoms. The lowest BCUT2D eigenvalue weighted by atomic mass is 9.76. The van der Waals surface area contributed by atoms with Gasteiger partial charge in [-0.3, -0.25) is 4.79 Å². The first-order valence-electron chi connectivity index (χ1n) is 8.49. The summed E-state index contributed by atoms with van der Waals surface area (Å²) in [5.41, 5.74) is -6.51. The third-order valence-electron chi connectivity index (χ3n) is 4.75. The smallest absolute Gasteiger partial charge is 0.363 e. The Morgan fingerprint density at radius 3 is 2.07 bits per heavy atom. The van der Waals surface area contributed by atoms with Crippen LogP contribution in [0.4, 0.5) is 31.1 Å². The van der Waals surface area contributed by atoms with Gasteiger partial charge >= 0.3 is 18.4 Å². The number of carbonyl (C=O) groups is 2. The summed E-state index contributed by atoms with van der Waals surface area (Å²) < 4.78 is 81.8. The Balaban J connectivity index is 2.25. The van der Waals surface area contributed by atoms with E-state index in [9.17, 15) is 41.0 Å². The van der Waals surface area contributed by atoms with Gasteiger partial charge in [0, 0.05) is 5.56 Å². The predicted molar refractivity (Wildman–Crippen MR) is 91.1 cm³/mol. The zero-order valence-corrected chi connectivity index (χ0v) is 14.9. The van der Waals surface area contributed by atoms with E-state index in [1.807, 2.05) is 5.32 Å². The summed E-state index contributed by atoms with van der Waals surface area (Å²) in [7, 11) is 0. The Kier molecular flexibility index (Phi) is 5.27. The molecule has 0 spiro atoms. The summed E-state index contributed by atoms with van der Waals surface area (Å²) in [5, 5.41) is 13.6. The van der Waals surface area contributed by atoms with Crippen LogP contribution in [0.1, 0.15) is 27.5 Å². The standard InChI is InChI=1S/C19H14F6N2O3/c20-18(21,22)12-9-5-4-8-11(12)14-13(15(28)10-6-2-1-3-7-10)17(30,19(23,24)25)27-16(29)26-14/h1-9,13-14,30H,(H2,26,27,29)/t13-,14-,17+/m1/s1. The number of urea groups is 1. The van der Waals surface area contributed by atoms with Crippen molar-refractivity contribution in [3.05, 3.63) is 71.3 Å². The van der Waals surface area contributed by atoms with Gasteiger partial charge in [0.05, 0.1) is 11.6 Å². The summed E-state index contributed by atoms with van der Waals surface area (Å²) >= 11 is 0. The fraction of sp³-hybridized carbons (Fsp3) is 0.263. The molecule has 0 aliphatic carbocycles. The summed E-state index contributed by atoms with van der Waals surface area (Å²) in [6.07, 6.45) is -10.5. The van der Waals surface area contributed by atoms with E-state index in [-0.39, 0.29) is 5.56 Å². The van der Waals surface area contributed by atoms with Crippen LogP contribution in [-0.2, 0) is 6.18 Å². The lowest BCUT2D eigenvalue weighted by Gasteiger charge is -2.45. The van der Waals surface area contributed by atoms with Gasteiger partial charge in [-0.1, -0.05) is 48.5 Å². The molecule has 0 bridgehead atoms. The Morgan fingerprint density at radius 2 is 1.50 bits per heavy atom. The second-order valence-electron chi connectivity index (χ2n) is 6.63. The van der Waals surface area contributed by atoms with Gasteiger partial charge in [-0.2, -0.15) is 26.3 Å². The number of rotatable bonds is 3. The minimum Gasteiger partial charge on any atom is -0.363 e. The van der Waals surface area contributed by atoms with Gasteiger partial charge in [0.25, 0.3) is 0 Å². The molecule has 1 fully saturated rings. The minimum absolute atomic E-state index is 0.280. The van der Waals surface area contributed by atoms with Crippen LogP contribution in [0.2, 0.25) is 0 Å². The molecule has 3 N–H and O–H groups in total. The highest BCUT2D eigenvalue weighted by Gasteiger charge is 2.66. The second-order valence-corrected chi connectivity index (χ2v) is 6.63. The Hall–Kier alpha value is -3.08. The van der Waals surface area contributed by atoms with Crippen molar-refractivity contribution in [2.75, 3.05) is 0 Å². The molecule has 0 aromatic heterocycles. The third kappa shape index (κ3) is 3.72. The van der Waals surface area contributed by atoms with Crippen LogP contribution in [0.15, 0.2) is 54.6 Å². The molecule has 11 heteroatoms. The molecule has 2 amide bonds. The molecule has 5 nitrogen and oxygen atoms in total. The lowest BCUT2D eigenvalue weighted by Crippen LogP contribution is -2.72. The van der Waals surface area contributed by atoms with Crippen molar-refractivity contribution in [2.24, 2.45) is 5.92 Å². The number of hydrogen-bond acceptors (Lipinski definition) is 3. The quantitative estimate of drug-likeness (QED) is 0.510. The Labute approximate surface area is 165 Å². The molecular formula is C19H14F6N2O3. The minimum atomic E-state index is -5.56. The number of Topliss-reactive ketones (excluding diaryl/α,β-unsaturated/α-hetero) is 1. The Bertz CT molecular complexity index is 961. The molecule has 1 aliphatic heterocycles. The van der Waals surface area contributed by atoms with E-state index >= 15 is 0 Å². The number of nitrogens with one attached hydrogen (secondary N) is 2. The molecular weight excluding hydrogens is 418 g/mol. The average molecular weight is 432 g/mol. The maximum atomic E-state index is 13.8. The Morgan fingerprint density at radius 1 is 0.933 bits per heavy atom. The fourth-order valence-electron chi connectivity index (χ4n) is 3.41. The maximum Gasteiger partial charge on any atom is 0.437 e. The normalized spacial score (nSPS) is 24.7. The highest BCUT2D eigenvalue weighted by molar-refractivity contribution is 6.00. The first kappa shape index (κ1) is 21.6. The van der Waals surface area contributed by atoms with E-state index in [2.05, 4.69) is 0 Å². The summed E-state index contributed by atoms with van der Waals surface area (Å²) in [6.45, 7) is 0. The van der Waals surface area contributed by atoms with Gasteiger partial charge in [0.2, 0.25) is 5.72 Å². The number of carbonyl (C=O) groups excluding carboxylic acids is 2. The van der Waals surface area contributed by atoms with E-state index in [0.29, 0.717) is 6.07 Å². The van der Waals surface area contributed by atoms with Gasteiger partial charge in [0.15, 0.2) is 5.78 Å². The fourth-order valence-corrected chi connectivity index (χ4v) is 3.41. The highest BCUT2D eigenvalue weighted by atomic mass is 19.4. The first-order valence-corrected chi connectivity index (χ1v) is 8.49. The maximum absolute atomic E-state index is 13.8. The van der Waals surface area contributed by atoms with E-state index < -0.39 is 53.0 Å². The van der Waals surface area contributed by atoms with E-state index in [0.717, 1.165) is 30.3 Å². The first-order chi connectivity index (χ1) is 13.9. The van der Waals surface area contributed by atoms with Crippen LogP contribution in [0.5, 0.6) is 0 Å². The van der Waals surface area contributed by atoms with Gasteiger partial charge in [-0.05, 0) is 11.6 Å². The summed E-state index contributed by atoms with van der Waals surface area (Å²) in [6, 6.07) is 6.37. The SMILES string of the molecule is O=C1N[C@H](c2ccccc2C(F)(F)F)[C@H](C(=O)c2ccccc2)[C@](O)(C(F)(F)F)N1. The number of alkyl halides is 6. The van der Waals surface area contributed by atoms with Crippen LogP contribution in [0.3, 0.4) is 0 Å². The topological polar surface area (TPSA) is 78.4 Å². The number of benzene rings is 2. The van der Waals surface area contributed by atoms with Crippen molar-refractivity contribution >= 4 is 11.8 Å². The molecule has 3 atom stereocenters. The van der Waals surface area contributed by atoms with Crippen molar-refractivity contribution in [2.45, 2.75) is 24.1 Å². The number of amides is 2. The highest BCUT2D eigenvalue weighted by Crippen LogP contribution is 2.46. The molecule has 3 rings (SSSR count). The third-order valence-corrected chi connectivity index (χ3v) is 4.75. The zero-order valence-electron chi connectivity index (χ0n) is 14.9. The monoisotopic (exact) mass is 432 g/mol. The molecule has 1 heterocycles. The molecule has 0 saturated carbocycles. The number of ketones is 1. The molecule has 0 radical (unpaired) electrons. The van der Waals surface area contributed by atoms with Crippen LogP contribution < -0.4 is 10.6 Å². The van der Waals surface area contributed by atoms with Crippen LogP contribution >= 0.6 is 0 Å². The van der Waals surface area contributed by atoms with Crippen LogP contribution in [0, 0.1) is 5.92 Å². The largest absolute Gasteiger partial charge is 0.437 e. The van der Waals surface area contributed by atoms with Crippen molar-refractivity contribution < 1.29 is 41.0 Å². The van der Waals surface area contributed by atoms with Crippen molar-refractivity contribution in [1.82, 2.24) is 10.6 Å². The van der Waals surface area contributed by atoms with Gasteiger partial charge in [0.1, 0.15) is 5.92 Å². The van der Waals surface area contributed by atoms with E-state index in [1.165, 1.54) is 23.5 Å². The van der Waals surface area contributed by atoms with Gasteiger partial charge in [-0.15, -0.1) is 0 Å². The zero-order chi connectivity index (χ0) is 22.3. The lowest BCUT2D eigenvalue weighted by molar-refractivity contribution is -0.287. The molecule has 2 aromatic rings. The number of hydrogen-bond donors (Lipinski definition) is 3. The number of halogens is 6. The molecule has 1 saturated heterocycles. The van der Waals surface area contributed by atoms with Crippen molar-refractivity contribution in [3.8, 4) is 0 Å². The predicted octanol–water partition coefficient (Wildman–Crippen LogP) is 3.81. The molecule has 0 unspecified atom stereocenters. The summed E-state index contributed by atoms with van der Waals surface area (Å²) in [5.74, 6) is -3.84. The summed E-state index contributed by atoms with van der Waals surface area (Å²) in [4.78, 5) is 24.9. The van der Waals surface area contributed by atoms with Gasteiger partial charge in [-0.25, -0.2) is 4.79 Å². The van der Waals surface area contributed by atoms with Crippen LogP contribution in [-0.4, -0.2) is 28.8 Å². The van der Waals surface area contributed by atoms with E-state index in [1.54, 1.807) is 0 Å². The number of aliphatic hydroxyl groups is 1. The van der Waals surface area contributed by atoms with Crippen molar-refractivity contribution in [1.29, 1.82) is 0 Å². The molecule has 1 aliphatic rings. The van der Waals surface area contributed by atoms with E-state index in [4.69, 9.17) is 0 Å². The second kappa shape index (κ2) is 7.31.